The summed E-state index contributed by atoms with van der Waals surface area (Å²) in [6, 6.07) is 6.20. The van der Waals surface area contributed by atoms with E-state index < -0.39 is 5.60 Å². The molecule has 1 saturated heterocycles. The summed E-state index contributed by atoms with van der Waals surface area (Å²) in [5, 5.41) is 14.0. The number of H-pyrrole nitrogens is 1. The van der Waals surface area contributed by atoms with E-state index in [0.717, 1.165) is 34.3 Å². The number of hydrogen-bond acceptors (Lipinski definition) is 4. The predicted molar refractivity (Wildman–Crippen MR) is 102 cm³/mol. The zero-order valence-electron chi connectivity index (χ0n) is 16.1. The lowest BCUT2D eigenvalue weighted by Crippen LogP contribution is -2.36. The molecule has 1 aromatic carbocycles. The monoisotopic (exact) mass is 354 g/mol. The van der Waals surface area contributed by atoms with Crippen molar-refractivity contribution >= 4 is 22.7 Å². The van der Waals surface area contributed by atoms with Crippen LogP contribution in [0.3, 0.4) is 0 Å². The fourth-order valence-corrected chi connectivity index (χ4v) is 3.39. The number of nitriles is 1. The Morgan fingerprint density at radius 3 is 2.77 bits per heavy atom. The van der Waals surface area contributed by atoms with E-state index in [1.54, 1.807) is 4.90 Å². The first-order chi connectivity index (χ1) is 12.2. The molecule has 3 rings (SSSR count). The zero-order valence-corrected chi connectivity index (χ0v) is 16.1. The van der Waals surface area contributed by atoms with Crippen LogP contribution >= 0.6 is 0 Å². The van der Waals surface area contributed by atoms with Crippen LogP contribution in [-0.4, -0.2) is 40.7 Å². The van der Waals surface area contributed by atoms with Gasteiger partial charge in [0.15, 0.2) is 0 Å². The predicted octanol–water partition coefficient (Wildman–Crippen LogP) is 4.08. The first kappa shape index (κ1) is 18.1. The van der Waals surface area contributed by atoms with Crippen LogP contribution in [0.1, 0.15) is 44.0 Å². The van der Waals surface area contributed by atoms with Gasteiger partial charge >= 0.3 is 6.09 Å². The molecule has 0 aliphatic carbocycles. The third-order valence-electron chi connectivity index (χ3n) is 4.78. The maximum Gasteiger partial charge on any atom is 0.410 e. The van der Waals surface area contributed by atoms with Gasteiger partial charge in [-0.1, -0.05) is 0 Å². The number of aromatic amines is 1. The van der Waals surface area contributed by atoms with E-state index in [-0.39, 0.29) is 12.1 Å². The minimum atomic E-state index is -0.484. The van der Waals surface area contributed by atoms with E-state index in [1.807, 2.05) is 39.8 Å². The second kappa shape index (κ2) is 6.56. The Labute approximate surface area is 154 Å². The Bertz CT molecular complexity index is 886. The SMILES string of the molecule is Cc1[nH]c2c(C#N)ccc(NC3CCN(C(=O)OC(C)(C)C)C3)c2c1C. The molecule has 0 spiro atoms. The molecule has 1 aliphatic rings. The van der Waals surface area contributed by atoms with E-state index in [4.69, 9.17) is 4.74 Å². The lowest BCUT2D eigenvalue weighted by Gasteiger charge is -2.24. The number of aryl methyl sites for hydroxylation is 2. The van der Waals surface area contributed by atoms with Crippen molar-refractivity contribution in [1.82, 2.24) is 9.88 Å². The van der Waals surface area contributed by atoms with Gasteiger partial charge in [0.25, 0.3) is 0 Å². The Hall–Kier alpha value is -2.68. The number of aromatic nitrogens is 1. The molecule has 1 fully saturated rings. The van der Waals surface area contributed by atoms with E-state index in [1.165, 1.54) is 0 Å². The van der Waals surface area contributed by atoms with Crippen molar-refractivity contribution in [3.05, 3.63) is 29.0 Å². The molecule has 1 atom stereocenters. The van der Waals surface area contributed by atoms with Crippen LogP contribution in [0, 0.1) is 25.2 Å². The molecule has 1 amide bonds. The number of benzene rings is 1. The highest BCUT2D eigenvalue weighted by Crippen LogP contribution is 2.32. The quantitative estimate of drug-likeness (QED) is 0.851. The van der Waals surface area contributed by atoms with E-state index >= 15 is 0 Å². The number of fused-ring (bicyclic) bond motifs is 1. The largest absolute Gasteiger partial charge is 0.444 e. The van der Waals surface area contributed by atoms with Crippen LogP contribution in [0.15, 0.2) is 12.1 Å². The van der Waals surface area contributed by atoms with Gasteiger partial charge in [0.1, 0.15) is 11.7 Å². The molecule has 0 bridgehead atoms. The van der Waals surface area contributed by atoms with Crippen LogP contribution in [0.25, 0.3) is 10.9 Å². The van der Waals surface area contributed by atoms with Crippen molar-refractivity contribution in [2.45, 2.75) is 52.7 Å². The van der Waals surface area contributed by atoms with Crippen molar-refractivity contribution in [3.8, 4) is 6.07 Å². The number of carbonyl (C=O) groups is 1. The summed E-state index contributed by atoms with van der Waals surface area (Å²) < 4.78 is 5.46. The number of nitrogens with one attached hydrogen (secondary N) is 2. The molecular weight excluding hydrogens is 328 g/mol. The van der Waals surface area contributed by atoms with Gasteiger partial charge in [-0.15, -0.1) is 0 Å². The van der Waals surface area contributed by atoms with Crippen LogP contribution in [-0.2, 0) is 4.74 Å². The number of likely N-dealkylation sites (tertiary alicyclic amines) is 1. The average Bonchev–Trinajstić information content (AvgIpc) is 3.12. The molecule has 6 heteroatoms. The fraction of sp³-hybridized carbons (Fsp3) is 0.500. The molecule has 26 heavy (non-hydrogen) atoms. The third kappa shape index (κ3) is 3.48. The average molecular weight is 354 g/mol. The summed E-state index contributed by atoms with van der Waals surface area (Å²) in [7, 11) is 0. The van der Waals surface area contributed by atoms with Crippen LogP contribution in [0.5, 0.6) is 0 Å². The van der Waals surface area contributed by atoms with Crippen LogP contribution in [0.4, 0.5) is 10.5 Å². The maximum absolute atomic E-state index is 12.2. The topological polar surface area (TPSA) is 81.2 Å². The zero-order chi connectivity index (χ0) is 19.1. The third-order valence-corrected chi connectivity index (χ3v) is 4.78. The lowest BCUT2D eigenvalue weighted by atomic mass is 10.1. The Balaban J connectivity index is 1.79. The summed E-state index contributed by atoms with van der Waals surface area (Å²) in [6.45, 7) is 11.0. The number of carbonyl (C=O) groups excluding carboxylic acids is 1. The molecule has 1 aromatic heterocycles. The summed E-state index contributed by atoms with van der Waals surface area (Å²) in [5.41, 5.74) is 4.23. The standard InChI is InChI=1S/C20H26N4O2/c1-12-13(2)22-18-14(10-21)6-7-16(17(12)18)23-15-8-9-24(11-15)19(25)26-20(3,4)5/h6-7,15,22-23H,8-9,11H2,1-5H3. The highest BCUT2D eigenvalue weighted by Gasteiger charge is 2.30. The summed E-state index contributed by atoms with van der Waals surface area (Å²) in [6.07, 6.45) is 0.601. The minimum Gasteiger partial charge on any atom is -0.444 e. The summed E-state index contributed by atoms with van der Waals surface area (Å²) in [4.78, 5) is 17.3. The molecule has 6 nitrogen and oxygen atoms in total. The van der Waals surface area contributed by atoms with Crippen LogP contribution in [0.2, 0.25) is 0 Å². The molecule has 0 saturated carbocycles. The number of ether oxygens (including phenoxy) is 1. The van der Waals surface area contributed by atoms with Crippen LogP contribution < -0.4 is 5.32 Å². The van der Waals surface area contributed by atoms with Gasteiger partial charge in [0.05, 0.1) is 11.1 Å². The molecule has 138 valence electrons. The Morgan fingerprint density at radius 1 is 1.38 bits per heavy atom. The smallest absolute Gasteiger partial charge is 0.410 e. The molecule has 2 N–H and O–H groups in total. The van der Waals surface area contributed by atoms with Gasteiger partial charge in [-0.25, -0.2) is 4.79 Å². The second-order valence-electron chi connectivity index (χ2n) is 7.95. The summed E-state index contributed by atoms with van der Waals surface area (Å²) >= 11 is 0. The highest BCUT2D eigenvalue weighted by molar-refractivity contribution is 5.99. The van der Waals surface area contributed by atoms with Crippen molar-refractivity contribution in [2.24, 2.45) is 0 Å². The second-order valence-corrected chi connectivity index (χ2v) is 7.95. The van der Waals surface area contributed by atoms with Crippen molar-refractivity contribution < 1.29 is 9.53 Å². The van der Waals surface area contributed by atoms with Crippen molar-refractivity contribution in [3.63, 3.8) is 0 Å². The fourth-order valence-electron chi connectivity index (χ4n) is 3.39. The number of anilines is 1. The number of hydrogen-bond donors (Lipinski definition) is 2. The Morgan fingerprint density at radius 2 is 2.12 bits per heavy atom. The number of amides is 1. The normalized spacial score (nSPS) is 17.4. The molecule has 2 heterocycles. The van der Waals surface area contributed by atoms with Gasteiger partial charge in [0, 0.05) is 35.9 Å². The number of nitrogens with zero attached hydrogens (tertiary/aromatic N) is 2. The van der Waals surface area contributed by atoms with E-state index in [9.17, 15) is 10.1 Å². The molecule has 0 radical (unpaired) electrons. The van der Waals surface area contributed by atoms with Gasteiger partial charge in [-0.2, -0.15) is 5.26 Å². The minimum absolute atomic E-state index is 0.160. The van der Waals surface area contributed by atoms with E-state index in [2.05, 4.69) is 23.3 Å². The molecule has 1 aliphatic heterocycles. The van der Waals surface area contributed by atoms with Crippen molar-refractivity contribution in [1.29, 1.82) is 5.26 Å². The molecule has 2 aromatic rings. The van der Waals surface area contributed by atoms with Gasteiger partial charge < -0.3 is 19.9 Å². The van der Waals surface area contributed by atoms with Crippen molar-refractivity contribution in [2.75, 3.05) is 18.4 Å². The number of rotatable bonds is 2. The molecule has 1 unspecified atom stereocenters. The first-order valence-electron chi connectivity index (χ1n) is 8.96. The maximum atomic E-state index is 12.2. The molecular formula is C20H26N4O2. The Kier molecular flexibility index (Phi) is 4.57. The van der Waals surface area contributed by atoms with Gasteiger partial charge in [0.2, 0.25) is 0 Å². The first-order valence-corrected chi connectivity index (χ1v) is 8.96. The van der Waals surface area contributed by atoms with E-state index in [0.29, 0.717) is 18.7 Å². The van der Waals surface area contributed by atoms with Gasteiger partial charge in [-0.05, 0) is 58.7 Å². The lowest BCUT2D eigenvalue weighted by molar-refractivity contribution is 0.0293. The van der Waals surface area contributed by atoms with Gasteiger partial charge in [-0.3, -0.25) is 0 Å². The highest BCUT2D eigenvalue weighted by atomic mass is 16.6. The summed E-state index contributed by atoms with van der Waals surface area (Å²) in [5.74, 6) is 0.